The van der Waals surface area contributed by atoms with Crippen LogP contribution in [0.15, 0.2) is 30.5 Å². The Labute approximate surface area is 123 Å². The predicted octanol–water partition coefficient (Wildman–Crippen LogP) is 2.11. The topological polar surface area (TPSA) is 67.3 Å². The monoisotopic (exact) mass is 304 g/mol. The number of fused-ring (bicyclic) bond motifs is 1. The van der Waals surface area contributed by atoms with Crippen LogP contribution in [0, 0.1) is 6.92 Å². The van der Waals surface area contributed by atoms with Crippen molar-refractivity contribution in [3.63, 3.8) is 0 Å². The fraction of sp³-hybridized carbons (Fsp3) is 0.333. The number of para-hydroxylation sites is 1. The lowest BCUT2D eigenvalue weighted by Crippen LogP contribution is -2.42. The van der Waals surface area contributed by atoms with Gasteiger partial charge in [0.15, 0.2) is 0 Å². The molecule has 2 aromatic rings. The summed E-state index contributed by atoms with van der Waals surface area (Å²) in [7, 11) is -3.48. The number of pyridine rings is 1. The molecule has 1 amide bonds. The summed E-state index contributed by atoms with van der Waals surface area (Å²) in [5.41, 5.74) is 1.93. The smallest absolute Gasteiger partial charge is 0.268 e. The molecule has 21 heavy (non-hydrogen) atoms. The Morgan fingerprint density at radius 1 is 1.24 bits per heavy atom. The highest BCUT2D eigenvalue weighted by Gasteiger charge is 2.31. The van der Waals surface area contributed by atoms with Crippen LogP contribution in [0.5, 0.6) is 0 Å². The molecule has 0 spiro atoms. The summed E-state index contributed by atoms with van der Waals surface area (Å²) in [6, 6.07) is 7.52. The standard InChI is InChI=1S/C15H16N2O3S/c1-11-12-6-2-3-7-14(12)16-10-13(11)15(18)17-8-4-5-9-21(17,19)20/h2-3,6-7,10H,4-5,8-9H2,1H3. The van der Waals surface area contributed by atoms with Crippen LogP contribution >= 0.6 is 0 Å². The lowest BCUT2D eigenvalue weighted by Gasteiger charge is -2.26. The van der Waals surface area contributed by atoms with Crippen LogP contribution in [0.4, 0.5) is 0 Å². The number of carbonyl (C=O) groups excluding carboxylic acids is 1. The van der Waals surface area contributed by atoms with E-state index in [0.717, 1.165) is 20.8 Å². The molecule has 0 radical (unpaired) electrons. The van der Waals surface area contributed by atoms with E-state index in [2.05, 4.69) is 4.98 Å². The van der Waals surface area contributed by atoms with E-state index >= 15 is 0 Å². The SMILES string of the molecule is Cc1c(C(=O)N2CCCCS2(=O)=O)cnc2ccccc12. The molecule has 0 N–H and O–H groups in total. The molecule has 2 heterocycles. The van der Waals surface area contributed by atoms with E-state index in [1.165, 1.54) is 6.20 Å². The molecule has 110 valence electrons. The quantitative estimate of drug-likeness (QED) is 0.809. The van der Waals surface area contributed by atoms with Crippen LogP contribution in [0.2, 0.25) is 0 Å². The Morgan fingerprint density at radius 3 is 2.76 bits per heavy atom. The third kappa shape index (κ3) is 2.40. The van der Waals surface area contributed by atoms with Gasteiger partial charge < -0.3 is 0 Å². The van der Waals surface area contributed by atoms with Gasteiger partial charge in [0.05, 0.1) is 16.8 Å². The van der Waals surface area contributed by atoms with Gasteiger partial charge in [-0.25, -0.2) is 12.7 Å². The maximum absolute atomic E-state index is 12.6. The number of aromatic nitrogens is 1. The third-order valence-corrected chi connectivity index (χ3v) is 5.68. The minimum Gasteiger partial charge on any atom is -0.268 e. The van der Waals surface area contributed by atoms with Crippen LogP contribution in [0.25, 0.3) is 10.9 Å². The maximum atomic E-state index is 12.6. The number of aryl methyl sites for hydroxylation is 1. The van der Waals surface area contributed by atoms with Crippen molar-refractivity contribution in [1.82, 2.24) is 9.29 Å². The van der Waals surface area contributed by atoms with E-state index in [4.69, 9.17) is 0 Å². The van der Waals surface area contributed by atoms with Gasteiger partial charge in [-0.15, -0.1) is 0 Å². The largest absolute Gasteiger partial charge is 0.269 e. The first-order chi connectivity index (χ1) is 10.0. The highest BCUT2D eigenvalue weighted by atomic mass is 32.2. The molecule has 0 aliphatic carbocycles. The van der Waals surface area contributed by atoms with Gasteiger partial charge in [-0.05, 0) is 31.4 Å². The molecule has 3 rings (SSSR count). The Hall–Kier alpha value is -1.95. The van der Waals surface area contributed by atoms with Crippen molar-refractivity contribution in [2.75, 3.05) is 12.3 Å². The average Bonchev–Trinajstić information content (AvgIpc) is 2.47. The number of hydrogen-bond acceptors (Lipinski definition) is 4. The molecule has 1 aliphatic heterocycles. The highest BCUT2D eigenvalue weighted by Crippen LogP contribution is 2.23. The van der Waals surface area contributed by atoms with Crippen molar-refractivity contribution >= 4 is 26.8 Å². The third-order valence-electron chi connectivity index (χ3n) is 3.85. The zero-order chi connectivity index (χ0) is 15.0. The van der Waals surface area contributed by atoms with E-state index < -0.39 is 15.9 Å². The van der Waals surface area contributed by atoms with E-state index in [-0.39, 0.29) is 12.3 Å². The number of rotatable bonds is 1. The van der Waals surface area contributed by atoms with Crippen LogP contribution in [0.3, 0.4) is 0 Å². The second-order valence-electron chi connectivity index (χ2n) is 5.21. The highest BCUT2D eigenvalue weighted by molar-refractivity contribution is 7.89. The van der Waals surface area contributed by atoms with Gasteiger partial charge in [0.25, 0.3) is 5.91 Å². The molecule has 1 aromatic heterocycles. The predicted molar refractivity (Wildman–Crippen MR) is 80.5 cm³/mol. The van der Waals surface area contributed by atoms with Gasteiger partial charge >= 0.3 is 0 Å². The van der Waals surface area contributed by atoms with Crippen molar-refractivity contribution in [1.29, 1.82) is 0 Å². The van der Waals surface area contributed by atoms with Crippen LogP contribution in [-0.2, 0) is 10.0 Å². The van der Waals surface area contributed by atoms with Crippen molar-refractivity contribution in [3.05, 3.63) is 41.6 Å². The number of amides is 1. The number of sulfonamides is 1. The molecule has 1 fully saturated rings. The number of hydrogen-bond donors (Lipinski definition) is 0. The Morgan fingerprint density at radius 2 is 2.00 bits per heavy atom. The average molecular weight is 304 g/mol. The first kappa shape index (κ1) is 14.0. The van der Waals surface area contributed by atoms with Gasteiger partial charge in [0.2, 0.25) is 10.0 Å². The number of nitrogens with zero attached hydrogens (tertiary/aromatic N) is 2. The molecule has 0 unspecified atom stereocenters. The summed E-state index contributed by atoms with van der Waals surface area (Å²) < 4.78 is 25.1. The summed E-state index contributed by atoms with van der Waals surface area (Å²) >= 11 is 0. The Balaban J connectivity index is 2.08. The van der Waals surface area contributed by atoms with E-state index in [1.54, 1.807) is 0 Å². The maximum Gasteiger partial charge on any atom is 0.269 e. The van der Waals surface area contributed by atoms with E-state index in [0.29, 0.717) is 18.4 Å². The molecule has 0 saturated carbocycles. The van der Waals surface area contributed by atoms with Gasteiger partial charge in [-0.1, -0.05) is 18.2 Å². The van der Waals surface area contributed by atoms with Gasteiger partial charge in [0, 0.05) is 18.1 Å². The van der Waals surface area contributed by atoms with Crippen molar-refractivity contribution in [2.45, 2.75) is 19.8 Å². The number of benzene rings is 1. The van der Waals surface area contributed by atoms with Gasteiger partial charge in [-0.2, -0.15) is 0 Å². The summed E-state index contributed by atoms with van der Waals surface area (Å²) in [5.74, 6) is -0.427. The molecule has 5 nitrogen and oxygen atoms in total. The summed E-state index contributed by atoms with van der Waals surface area (Å²) in [6.07, 6.45) is 2.80. The number of carbonyl (C=O) groups is 1. The molecule has 1 saturated heterocycles. The zero-order valence-corrected chi connectivity index (χ0v) is 12.6. The molecule has 1 aliphatic rings. The molecule has 1 aromatic carbocycles. The molecule has 6 heteroatoms. The second-order valence-corrected chi connectivity index (χ2v) is 7.23. The summed E-state index contributed by atoms with van der Waals surface area (Å²) in [5, 5.41) is 0.873. The first-order valence-corrected chi connectivity index (χ1v) is 8.51. The molecule has 0 atom stereocenters. The van der Waals surface area contributed by atoms with Crippen LogP contribution < -0.4 is 0 Å². The minimum atomic E-state index is -3.48. The second kappa shape index (κ2) is 5.11. The lowest BCUT2D eigenvalue weighted by molar-refractivity contribution is 0.0855. The lowest BCUT2D eigenvalue weighted by atomic mass is 10.0. The minimum absolute atomic E-state index is 0.0405. The molecular formula is C15H16N2O3S. The van der Waals surface area contributed by atoms with Gasteiger partial charge in [-0.3, -0.25) is 9.78 Å². The fourth-order valence-electron chi connectivity index (χ4n) is 2.65. The molecule has 0 bridgehead atoms. The van der Waals surface area contributed by atoms with Crippen molar-refractivity contribution in [2.24, 2.45) is 0 Å². The summed E-state index contributed by atoms with van der Waals surface area (Å²) in [6.45, 7) is 2.08. The van der Waals surface area contributed by atoms with Crippen LogP contribution in [-0.4, -0.2) is 35.9 Å². The molecular weight excluding hydrogens is 288 g/mol. The van der Waals surface area contributed by atoms with E-state index in [9.17, 15) is 13.2 Å². The van der Waals surface area contributed by atoms with Crippen molar-refractivity contribution in [3.8, 4) is 0 Å². The normalized spacial score (nSPS) is 17.9. The Kier molecular flexibility index (Phi) is 3.41. The van der Waals surface area contributed by atoms with Crippen LogP contribution in [0.1, 0.15) is 28.8 Å². The first-order valence-electron chi connectivity index (χ1n) is 6.90. The van der Waals surface area contributed by atoms with E-state index in [1.807, 2.05) is 31.2 Å². The summed E-state index contributed by atoms with van der Waals surface area (Å²) in [4.78, 5) is 16.8. The van der Waals surface area contributed by atoms with Gasteiger partial charge in [0.1, 0.15) is 0 Å². The zero-order valence-electron chi connectivity index (χ0n) is 11.7. The Bertz CT molecular complexity index is 815. The fourth-order valence-corrected chi connectivity index (χ4v) is 4.19. The van der Waals surface area contributed by atoms with Crippen molar-refractivity contribution < 1.29 is 13.2 Å².